The number of likely N-dealkylation sites (N-methyl/N-ethyl adjacent to an activating group) is 1. The fourth-order valence-electron chi connectivity index (χ4n) is 3.98. The second-order valence-corrected chi connectivity index (χ2v) is 7.53. The first-order valence-corrected chi connectivity index (χ1v) is 9.59. The van der Waals surface area contributed by atoms with Crippen molar-refractivity contribution in [2.75, 3.05) is 47.0 Å². The minimum atomic E-state index is 0.0570. The molecule has 146 valence electrons. The number of rotatable bonds is 6. The molecule has 8 nitrogen and oxygen atoms in total. The van der Waals surface area contributed by atoms with E-state index < -0.39 is 0 Å². The summed E-state index contributed by atoms with van der Waals surface area (Å²) < 4.78 is 17.7. The van der Waals surface area contributed by atoms with Gasteiger partial charge in [-0.05, 0) is 32.7 Å². The van der Waals surface area contributed by atoms with Gasteiger partial charge in [-0.25, -0.2) is 0 Å². The van der Waals surface area contributed by atoms with Gasteiger partial charge in [0.15, 0.2) is 0 Å². The maximum atomic E-state index is 6.23. The first-order chi connectivity index (χ1) is 12.1. The lowest BCUT2D eigenvalue weighted by Gasteiger charge is -2.40. The normalized spacial score (nSPS) is 40.9. The van der Waals surface area contributed by atoms with Gasteiger partial charge in [-0.1, -0.05) is 0 Å². The Labute approximate surface area is 151 Å². The Morgan fingerprint density at radius 1 is 1.28 bits per heavy atom. The number of nitrogens with one attached hydrogen (secondary N) is 3. The molecule has 25 heavy (non-hydrogen) atoms. The van der Waals surface area contributed by atoms with Gasteiger partial charge in [0, 0.05) is 32.8 Å². The fourth-order valence-corrected chi connectivity index (χ4v) is 3.98. The number of hydrogen-bond acceptors (Lipinski definition) is 8. The van der Waals surface area contributed by atoms with Crippen LogP contribution in [0.2, 0.25) is 0 Å². The molecule has 0 amide bonds. The molecule has 0 aromatic carbocycles. The topological polar surface area (TPSA) is 93.0 Å². The summed E-state index contributed by atoms with van der Waals surface area (Å²) in [7, 11) is 3.91. The van der Waals surface area contributed by atoms with E-state index in [9.17, 15) is 0 Å². The highest BCUT2D eigenvalue weighted by atomic mass is 16.6. The predicted molar refractivity (Wildman–Crippen MR) is 96.1 cm³/mol. The average Bonchev–Trinajstić information content (AvgIpc) is 2.60. The summed E-state index contributed by atoms with van der Waals surface area (Å²) in [6.45, 7) is 4.28. The molecule has 3 aliphatic rings. The molecule has 0 aromatic heterocycles. The molecular formula is C17H35N5O3. The van der Waals surface area contributed by atoms with E-state index >= 15 is 0 Å². The molecule has 8 heteroatoms. The van der Waals surface area contributed by atoms with Crippen LogP contribution in [0.1, 0.15) is 25.7 Å². The smallest absolute Gasteiger partial charge is 0.113 e. The minimum absolute atomic E-state index is 0.0570. The minimum Gasteiger partial charge on any atom is -0.379 e. The van der Waals surface area contributed by atoms with Crippen molar-refractivity contribution in [3.63, 3.8) is 0 Å². The van der Waals surface area contributed by atoms with Gasteiger partial charge in [0.2, 0.25) is 0 Å². The van der Waals surface area contributed by atoms with Gasteiger partial charge >= 0.3 is 0 Å². The van der Waals surface area contributed by atoms with E-state index in [1.54, 1.807) is 7.11 Å². The first kappa shape index (κ1) is 19.4. The second-order valence-electron chi connectivity index (χ2n) is 7.53. The highest BCUT2D eigenvalue weighted by Gasteiger charge is 2.33. The van der Waals surface area contributed by atoms with E-state index in [1.165, 1.54) is 0 Å². The number of morpholine rings is 1. The van der Waals surface area contributed by atoms with Crippen molar-refractivity contribution in [2.45, 2.75) is 62.5 Å². The van der Waals surface area contributed by atoms with Gasteiger partial charge in [-0.3, -0.25) is 16.0 Å². The Balaban J connectivity index is 1.46. The summed E-state index contributed by atoms with van der Waals surface area (Å²) >= 11 is 0. The molecule has 2 saturated heterocycles. The fraction of sp³-hybridized carbons (Fsp3) is 1.00. The third-order valence-corrected chi connectivity index (χ3v) is 5.46. The lowest BCUT2D eigenvalue weighted by atomic mass is 9.90. The number of nitrogens with zero attached hydrogens (tertiary/aromatic N) is 1. The summed E-state index contributed by atoms with van der Waals surface area (Å²) in [5.74, 6) is 0. The zero-order valence-electron chi connectivity index (χ0n) is 15.6. The predicted octanol–water partition coefficient (Wildman–Crippen LogP) is -0.989. The summed E-state index contributed by atoms with van der Waals surface area (Å²) in [4.78, 5) is 2.29. The van der Waals surface area contributed by atoms with Crippen LogP contribution in [0.25, 0.3) is 0 Å². The van der Waals surface area contributed by atoms with Gasteiger partial charge in [0.1, 0.15) is 6.29 Å². The second kappa shape index (κ2) is 9.57. The maximum Gasteiger partial charge on any atom is 0.113 e. The van der Waals surface area contributed by atoms with Gasteiger partial charge < -0.3 is 24.8 Å². The van der Waals surface area contributed by atoms with Crippen molar-refractivity contribution < 1.29 is 14.2 Å². The Morgan fingerprint density at radius 3 is 2.92 bits per heavy atom. The van der Waals surface area contributed by atoms with E-state index in [4.69, 9.17) is 19.9 Å². The van der Waals surface area contributed by atoms with Crippen molar-refractivity contribution in [3.05, 3.63) is 0 Å². The molecule has 0 radical (unpaired) electrons. The lowest BCUT2D eigenvalue weighted by molar-refractivity contribution is -0.125. The van der Waals surface area contributed by atoms with Crippen LogP contribution in [-0.4, -0.2) is 88.7 Å². The molecule has 2 heterocycles. The summed E-state index contributed by atoms with van der Waals surface area (Å²) in [5, 5.41) is 10.4. The number of methoxy groups -OCH3 is 1. The van der Waals surface area contributed by atoms with Crippen molar-refractivity contribution in [2.24, 2.45) is 5.73 Å². The van der Waals surface area contributed by atoms with Crippen LogP contribution < -0.4 is 21.7 Å². The van der Waals surface area contributed by atoms with Crippen molar-refractivity contribution >= 4 is 0 Å². The van der Waals surface area contributed by atoms with Crippen molar-refractivity contribution in [3.8, 4) is 0 Å². The maximum absolute atomic E-state index is 6.23. The standard InChI is InChI=1S/C17H35N5O3/c1-22-7-8-24-13(10-22)11-25-15-9-12(3-4-14(15)23-2)20-17-19-6-5-16(18)21-17/h12-17,19-21H,3-11,18H2,1-2H3/t12?,13-,14?,15?,16?,17?/m0/s1. The molecule has 6 atom stereocenters. The zero-order valence-corrected chi connectivity index (χ0v) is 15.6. The molecule has 2 aliphatic heterocycles. The number of nitrogens with two attached hydrogens (primary N) is 1. The highest BCUT2D eigenvalue weighted by Crippen LogP contribution is 2.25. The summed E-state index contributed by atoms with van der Waals surface area (Å²) in [6.07, 6.45) is 4.53. The van der Waals surface area contributed by atoms with Gasteiger partial charge in [0.25, 0.3) is 0 Å². The Hall–Kier alpha value is -0.320. The molecule has 5 unspecified atom stereocenters. The van der Waals surface area contributed by atoms with Crippen LogP contribution in [0.4, 0.5) is 0 Å². The van der Waals surface area contributed by atoms with Crippen LogP contribution >= 0.6 is 0 Å². The largest absolute Gasteiger partial charge is 0.379 e. The Bertz CT molecular complexity index is 402. The van der Waals surface area contributed by atoms with E-state index in [-0.39, 0.29) is 30.8 Å². The Kier molecular flexibility index (Phi) is 7.44. The number of hydrogen-bond donors (Lipinski definition) is 4. The van der Waals surface area contributed by atoms with Crippen LogP contribution in [0.15, 0.2) is 0 Å². The number of ether oxygens (including phenoxy) is 3. The van der Waals surface area contributed by atoms with Crippen molar-refractivity contribution in [1.29, 1.82) is 0 Å². The van der Waals surface area contributed by atoms with E-state index in [2.05, 4.69) is 27.9 Å². The molecule has 1 saturated carbocycles. The van der Waals surface area contributed by atoms with Crippen LogP contribution in [0.5, 0.6) is 0 Å². The molecule has 3 fully saturated rings. The zero-order chi connectivity index (χ0) is 17.6. The lowest BCUT2D eigenvalue weighted by Crippen LogP contribution is -2.65. The van der Waals surface area contributed by atoms with Crippen LogP contribution in [-0.2, 0) is 14.2 Å². The summed E-state index contributed by atoms with van der Waals surface area (Å²) in [5.41, 5.74) is 5.99. The SMILES string of the molecule is COC1CCC(NC2NCCC(N)N2)CC1OC[C@@H]1CN(C)CCO1. The van der Waals surface area contributed by atoms with Crippen LogP contribution in [0, 0.1) is 0 Å². The van der Waals surface area contributed by atoms with E-state index in [1.807, 2.05) is 0 Å². The van der Waals surface area contributed by atoms with Gasteiger partial charge in [-0.15, -0.1) is 0 Å². The van der Waals surface area contributed by atoms with E-state index in [0.717, 1.165) is 51.9 Å². The third-order valence-electron chi connectivity index (χ3n) is 5.46. The third kappa shape index (κ3) is 5.83. The molecule has 1 aliphatic carbocycles. The van der Waals surface area contributed by atoms with Crippen LogP contribution in [0.3, 0.4) is 0 Å². The molecule has 0 spiro atoms. The molecule has 5 N–H and O–H groups in total. The molecular weight excluding hydrogens is 322 g/mol. The quantitative estimate of drug-likeness (QED) is 0.482. The summed E-state index contributed by atoms with van der Waals surface area (Å²) in [6, 6.07) is 0.390. The van der Waals surface area contributed by atoms with Gasteiger partial charge in [0.05, 0.1) is 37.7 Å². The van der Waals surface area contributed by atoms with Crippen molar-refractivity contribution in [1.82, 2.24) is 20.9 Å². The van der Waals surface area contributed by atoms with Gasteiger partial charge in [-0.2, -0.15) is 0 Å². The first-order valence-electron chi connectivity index (χ1n) is 9.59. The average molecular weight is 357 g/mol. The Morgan fingerprint density at radius 2 is 2.16 bits per heavy atom. The highest BCUT2D eigenvalue weighted by molar-refractivity contribution is 4.88. The monoisotopic (exact) mass is 357 g/mol. The molecule has 0 aromatic rings. The molecule has 0 bridgehead atoms. The molecule has 3 rings (SSSR count). The van der Waals surface area contributed by atoms with E-state index in [0.29, 0.717) is 12.6 Å².